The highest BCUT2D eigenvalue weighted by Gasteiger charge is 2.76. The molecule has 114 valence electrons. The van der Waals surface area contributed by atoms with Gasteiger partial charge in [0.2, 0.25) is 0 Å². The maximum Gasteiger partial charge on any atom is 0.306 e. The van der Waals surface area contributed by atoms with Gasteiger partial charge in [-0.3, -0.25) is 4.79 Å². The number of aliphatic hydroxyl groups is 3. The van der Waals surface area contributed by atoms with E-state index in [1.807, 2.05) is 13.8 Å². The molecule has 3 rings (SSSR count). The Kier molecular flexibility index (Phi) is 2.83. The van der Waals surface area contributed by atoms with E-state index in [9.17, 15) is 20.1 Å². The number of carbonyl (C=O) groups excluding carboxylic acids is 1. The summed E-state index contributed by atoms with van der Waals surface area (Å²) < 4.78 is 5.46. The number of ether oxygens (including phenoxy) is 1. The van der Waals surface area contributed by atoms with Crippen LogP contribution in [0.2, 0.25) is 0 Å². The molecule has 0 aromatic rings. The molecule has 1 spiro atoms. The molecule has 1 aliphatic heterocycles. The molecule has 1 heterocycles. The van der Waals surface area contributed by atoms with Crippen molar-refractivity contribution in [3.8, 4) is 0 Å². The number of rotatable bonds is 1. The molecule has 1 saturated heterocycles. The maximum absolute atomic E-state index is 12.0. The van der Waals surface area contributed by atoms with E-state index in [0.717, 1.165) is 0 Å². The second-order valence-corrected chi connectivity index (χ2v) is 7.35. The highest BCUT2D eigenvalue weighted by atomic mass is 16.5. The minimum absolute atomic E-state index is 0.0243. The quantitative estimate of drug-likeness (QED) is 0.609. The Labute approximate surface area is 118 Å². The van der Waals surface area contributed by atoms with Crippen LogP contribution in [0.1, 0.15) is 40.0 Å². The predicted octanol–water partition coefficient (Wildman–Crippen LogP) is 0.458. The summed E-state index contributed by atoms with van der Waals surface area (Å²) in [5.41, 5.74) is -3.00. The van der Waals surface area contributed by atoms with E-state index < -0.39 is 22.5 Å². The SMILES string of the molecule is C[C@@H]1C[C@H](O)[C@@]2(O)[C@]13CC(=O)O[C@H](C3)[C@@H](C)[C@@]2(C)CO. The minimum atomic E-state index is -1.44. The number of hydrogen-bond donors (Lipinski definition) is 3. The molecule has 2 saturated carbocycles. The monoisotopic (exact) mass is 284 g/mol. The highest BCUT2D eigenvalue weighted by molar-refractivity contribution is 5.72. The average molecular weight is 284 g/mol. The highest BCUT2D eigenvalue weighted by Crippen LogP contribution is 2.68. The molecule has 3 aliphatic rings. The second-order valence-electron chi connectivity index (χ2n) is 7.35. The molecule has 5 nitrogen and oxygen atoms in total. The van der Waals surface area contributed by atoms with Crippen LogP contribution in [0.25, 0.3) is 0 Å². The van der Waals surface area contributed by atoms with Crippen LogP contribution in [0.4, 0.5) is 0 Å². The van der Waals surface area contributed by atoms with E-state index in [0.29, 0.717) is 12.8 Å². The van der Waals surface area contributed by atoms with Crippen LogP contribution in [0.3, 0.4) is 0 Å². The Balaban J connectivity index is 2.22. The van der Waals surface area contributed by atoms with Crippen molar-refractivity contribution < 1.29 is 24.9 Å². The first kappa shape index (κ1) is 14.3. The second kappa shape index (κ2) is 3.96. The number of aliphatic hydroxyl groups excluding tert-OH is 2. The normalized spacial score (nSPS) is 58.2. The van der Waals surface area contributed by atoms with Gasteiger partial charge in [-0.25, -0.2) is 0 Å². The van der Waals surface area contributed by atoms with Crippen molar-refractivity contribution in [3.63, 3.8) is 0 Å². The van der Waals surface area contributed by atoms with Crippen LogP contribution in [-0.4, -0.2) is 45.7 Å². The van der Waals surface area contributed by atoms with E-state index in [-0.39, 0.29) is 36.9 Å². The fraction of sp³-hybridized carbons (Fsp3) is 0.933. The average Bonchev–Trinajstić information content (AvgIpc) is 2.58. The zero-order chi connectivity index (χ0) is 14.9. The third-order valence-corrected chi connectivity index (χ3v) is 6.83. The van der Waals surface area contributed by atoms with Crippen molar-refractivity contribution in [2.24, 2.45) is 22.7 Å². The summed E-state index contributed by atoms with van der Waals surface area (Å²) in [4.78, 5) is 12.0. The molecule has 3 N–H and O–H groups in total. The zero-order valence-electron chi connectivity index (χ0n) is 12.3. The molecule has 0 aromatic heterocycles. The number of hydrogen-bond acceptors (Lipinski definition) is 5. The summed E-state index contributed by atoms with van der Waals surface area (Å²) in [5.74, 6) is -0.474. The van der Waals surface area contributed by atoms with E-state index in [1.165, 1.54) is 0 Å². The van der Waals surface area contributed by atoms with Crippen molar-refractivity contribution in [3.05, 3.63) is 0 Å². The Hall–Kier alpha value is -0.650. The molecule has 0 unspecified atom stereocenters. The first-order valence-corrected chi connectivity index (χ1v) is 7.44. The van der Waals surface area contributed by atoms with Gasteiger partial charge in [-0.15, -0.1) is 0 Å². The van der Waals surface area contributed by atoms with Gasteiger partial charge < -0.3 is 20.1 Å². The molecule has 0 radical (unpaired) electrons. The smallest absolute Gasteiger partial charge is 0.306 e. The van der Waals surface area contributed by atoms with Crippen LogP contribution in [0.5, 0.6) is 0 Å². The van der Waals surface area contributed by atoms with Gasteiger partial charge >= 0.3 is 5.97 Å². The third-order valence-electron chi connectivity index (χ3n) is 6.83. The first-order chi connectivity index (χ1) is 9.23. The van der Waals surface area contributed by atoms with E-state index in [2.05, 4.69) is 0 Å². The van der Waals surface area contributed by atoms with Gasteiger partial charge in [0, 0.05) is 16.7 Å². The van der Waals surface area contributed by atoms with Gasteiger partial charge in [0.1, 0.15) is 11.7 Å². The Morgan fingerprint density at radius 2 is 2.05 bits per heavy atom. The summed E-state index contributed by atoms with van der Waals surface area (Å²) in [6, 6.07) is 0. The number of fused-ring (bicyclic) bond motifs is 1. The summed E-state index contributed by atoms with van der Waals surface area (Å²) >= 11 is 0. The summed E-state index contributed by atoms with van der Waals surface area (Å²) in [7, 11) is 0. The van der Waals surface area contributed by atoms with E-state index >= 15 is 0 Å². The Bertz CT molecular complexity index is 452. The lowest BCUT2D eigenvalue weighted by Crippen LogP contribution is -2.73. The largest absolute Gasteiger partial charge is 0.462 e. The summed E-state index contributed by atoms with van der Waals surface area (Å²) in [5, 5.41) is 31.9. The van der Waals surface area contributed by atoms with Crippen molar-refractivity contribution in [2.75, 3.05) is 6.61 Å². The van der Waals surface area contributed by atoms with Crippen molar-refractivity contribution in [1.82, 2.24) is 0 Å². The van der Waals surface area contributed by atoms with Crippen LogP contribution in [-0.2, 0) is 9.53 Å². The number of esters is 1. The lowest BCUT2D eigenvalue weighted by molar-refractivity contribution is -0.292. The Morgan fingerprint density at radius 3 is 2.65 bits per heavy atom. The van der Waals surface area contributed by atoms with Gasteiger partial charge in [-0.05, 0) is 18.8 Å². The fourth-order valence-corrected chi connectivity index (χ4v) is 5.30. The summed E-state index contributed by atoms with van der Waals surface area (Å²) in [6.07, 6.45) is -0.0470. The molecule has 3 fully saturated rings. The van der Waals surface area contributed by atoms with Crippen LogP contribution in [0, 0.1) is 22.7 Å². The molecular formula is C15H24O5. The van der Waals surface area contributed by atoms with Crippen molar-refractivity contribution in [1.29, 1.82) is 0 Å². The molecule has 7 atom stereocenters. The van der Waals surface area contributed by atoms with Crippen LogP contribution < -0.4 is 0 Å². The predicted molar refractivity (Wildman–Crippen MR) is 70.6 cm³/mol. The zero-order valence-corrected chi connectivity index (χ0v) is 12.3. The lowest BCUT2D eigenvalue weighted by atomic mass is 9.46. The molecular weight excluding hydrogens is 260 g/mol. The molecule has 0 amide bonds. The first-order valence-electron chi connectivity index (χ1n) is 7.44. The van der Waals surface area contributed by atoms with Gasteiger partial charge in [0.05, 0.1) is 19.1 Å². The van der Waals surface area contributed by atoms with Crippen LogP contribution in [0.15, 0.2) is 0 Å². The molecule has 0 aromatic carbocycles. The lowest BCUT2D eigenvalue weighted by Gasteiger charge is -2.64. The molecule has 2 aliphatic carbocycles. The van der Waals surface area contributed by atoms with E-state index in [1.54, 1.807) is 6.92 Å². The number of carbonyl (C=O) groups is 1. The molecule has 5 heteroatoms. The van der Waals surface area contributed by atoms with Gasteiger partial charge in [0.25, 0.3) is 0 Å². The van der Waals surface area contributed by atoms with Crippen molar-refractivity contribution in [2.45, 2.75) is 57.8 Å². The fourth-order valence-electron chi connectivity index (χ4n) is 5.30. The Morgan fingerprint density at radius 1 is 1.40 bits per heavy atom. The minimum Gasteiger partial charge on any atom is -0.462 e. The van der Waals surface area contributed by atoms with Crippen LogP contribution >= 0.6 is 0 Å². The van der Waals surface area contributed by atoms with Gasteiger partial charge in [-0.2, -0.15) is 0 Å². The van der Waals surface area contributed by atoms with Gasteiger partial charge in [-0.1, -0.05) is 20.8 Å². The van der Waals surface area contributed by atoms with Gasteiger partial charge in [0.15, 0.2) is 0 Å². The topological polar surface area (TPSA) is 87.0 Å². The standard InChI is InChI=1S/C15H24O5/c1-8-4-11(17)15(19)13(3,7-16)9(2)10-5-14(8,15)6-12(18)20-10/h8-11,16-17,19H,4-7H2,1-3H3/t8-,9-,10-,11+,13-,14-,15+/m1/s1. The van der Waals surface area contributed by atoms with Crippen molar-refractivity contribution >= 4 is 5.97 Å². The molecule has 20 heavy (non-hydrogen) atoms. The summed E-state index contributed by atoms with van der Waals surface area (Å²) in [6.45, 7) is 5.44. The maximum atomic E-state index is 12.0. The third kappa shape index (κ3) is 1.27. The van der Waals surface area contributed by atoms with E-state index in [4.69, 9.17) is 4.74 Å². The molecule has 2 bridgehead atoms.